The molecule has 0 amide bonds. The van der Waals surface area contributed by atoms with Crippen LogP contribution in [0.25, 0.3) is 0 Å². The fraction of sp³-hybridized carbons (Fsp3) is 0.300. The highest BCUT2D eigenvalue weighted by atomic mass is 16.8. The van der Waals surface area contributed by atoms with E-state index in [-0.39, 0.29) is 52.6 Å². The SMILES string of the molecule is O=C1CC(O)C23Oc4ccc(O)c5c4C(Oc4cccc1c42)(O3)C(O)CC5=O. The van der Waals surface area contributed by atoms with Crippen molar-refractivity contribution in [2.75, 3.05) is 0 Å². The first-order chi connectivity index (χ1) is 13.4. The zero-order valence-electron chi connectivity index (χ0n) is 14.3. The van der Waals surface area contributed by atoms with Gasteiger partial charge in [-0.1, -0.05) is 12.1 Å². The van der Waals surface area contributed by atoms with Gasteiger partial charge in [0.1, 0.15) is 29.5 Å². The smallest absolute Gasteiger partial charge is 0.271 e. The Morgan fingerprint density at radius 1 is 0.857 bits per heavy atom. The summed E-state index contributed by atoms with van der Waals surface area (Å²) in [6.07, 6.45) is -3.34. The second-order valence-electron chi connectivity index (χ2n) is 7.44. The van der Waals surface area contributed by atoms with Crippen LogP contribution in [-0.2, 0) is 16.3 Å². The summed E-state index contributed by atoms with van der Waals surface area (Å²) in [6, 6.07) is 7.55. The molecular formula is C20H14O8. The Morgan fingerprint density at radius 3 is 2.25 bits per heavy atom. The maximum atomic E-state index is 12.5. The predicted molar refractivity (Wildman–Crippen MR) is 90.2 cm³/mol. The summed E-state index contributed by atoms with van der Waals surface area (Å²) in [6.45, 7) is 0. The molecule has 2 bridgehead atoms. The number of Topliss-reactive ketones (excluding diaryl/α,β-unsaturated/α-hetero) is 2. The lowest BCUT2D eigenvalue weighted by Gasteiger charge is -2.57. The molecule has 4 aliphatic rings. The Labute approximate surface area is 157 Å². The van der Waals surface area contributed by atoms with Crippen LogP contribution in [0.5, 0.6) is 17.2 Å². The first-order valence-corrected chi connectivity index (χ1v) is 8.88. The van der Waals surface area contributed by atoms with E-state index in [2.05, 4.69) is 0 Å². The molecule has 4 unspecified atom stereocenters. The van der Waals surface area contributed by atoms with E-state index in [1.807, 2.05) is 0 Å². The number of hydrogen-bond donors (Lipinski definition) is 3. The van der Waals surface area contributed by atoms with E-state index in [0.29, 0.717) is 5.56 Å². The Hall–Kier alpha value is -2.94. The number of aromatic hydroxyl groups is 1. The van der Waals surface area contributed by atoms with Crippen LogP contribution in [0.2, 0.25) is 0 Å². The van der Waals surface area contributed by atoms with Crippen molar-refractivity contribution in [2.24, 2.45) is 0 Å². The van der Waals surface area contributed by atoms with Crippen LogP contribution in [0.4, 0.5) is 0 Å². The lowest BCUT2D eigenvalue weighted by atomic mass is 9.76. The second kappa shape index (κ2) is 4.72. The van der Waals surface area contributed by atoms with E-state index < -0.39 is 29.6 Å². The second-order valence-corrected chi connectivity index (χ2v) is 7.44. The fourth-order valence-corrected chi connectivity index (χ4v) is 4.73. The van der Waals surface area contributed by atoms with Crippen molar-refractivity contribution in [2.45, 2.75) is 36.6 Å². The van der Waals surface area contributed by atoms with Crippen molar-refractivity contribution in [3.8, 4) is 17.2 Å². The summed E-state index contributed by atoms with van der Waals surface area (Å²) in [5.41, 5.74) is 0.607. The average Bonchev–Trinajstić information content (AvgIpc) is 2.65. The normalized spacial score (nSPS) is 34.1. The molecule has 0 fully saturated rings. The van der Waals surface area contributed by atoms with Gasteiger partial charge in [-0.3, -0.25) is 14.3 Å². The van der Waals surface area contributed by atoms with Gasteiger partial charge in [0, 0.05) is 18.4 Å². The molecule has 8 heteroatoms. The van der Waals surface area contributed by atoms with Crippen molar-refractivity contribution in [3.05, 3.63) is 52.6 Å². The Balaban J connectivity index is 1.73. The molecule has 8 nitrogen and oxygen atoms in total. The van der Waals surface area contributed by atoms with Crippen LogP contribution < -0.4 is 9.47 Å². The van der Waals surface area contributed by atoms with Gasteiger partial charge >= 0.3 is 0 Å². The highest BCUT2D eigenvalue weighted by Gasteiger charge is 2.68. The molecule has 2 aromatic rings. The molecular weight excluding hydrogens is 368 g/mol. The van der Waals surface area contributed by atoms with Crippen molar-refractivity contribution in [1.29, 1.82) is 0 Å². The molecule has 4 atom stereocenters. The molecule has 2 heterocycles. The lowest BCUT2D eigenvalue weighted by molar-refractivity contribution is -0.404. The number of ether oxygens (including phenoxy) is 3. The number of rotatable bonds is 0. The van der Waals surface area contributed by atoms with Gasteiger partial charge in [0.2, 0.25) is 0 Å². The molecule has 28 heavy (non-hydrogen) atoms. The highest BCUT2D eigenvalue weighted by molar-refractivity contribution is 6.03. The van der Waals surface area contributed by atoms with Gasteiger partial charge in [-0.05, 0) is 18.2 Å². The van der Waals surface area contributed by atoms with E-state index in [1.54, 1.807) is 18.2 Å². The first-order valence-electron chi connectivity index (χ1n) is 8.88. The first kappa shape index (κ1) is 16.1. The molecule has 142 valence electrons. The molecule has 0 saturated carbocycles. The predicted octanol–water partition coefficient (Wildman–Crippen LogP) is 1.09. The lowest BCUT2D eigenvalue weighted by Crippen LogP contribution is -2.67. The molecule has 6 rings (SSSR count). The van der Waals surface area contributed by atoms with Crippen LogP contribution in [0.3, 0.4) is 0 Å². The minimum absolute atomic E-state index is 0.0429. The molecule has 0 aromatic heterocycles. The number of aliphatic hydroxyl groups excluding tert-OH is 2. The number of hydrogen-bond acceptors (Lipinski definition) is 8. The molecule has 3 N–H and O–H groups in total. The largest absolute Gasteiger partial charge is 0.507 e. The number of ketones is 2. The van der Waals surface area contributed by atoms with E-state index >= 15 is 0 Å². The molecule has 2 aliphatic carbocycles. The van der Waals surface area contributed by atoms with Crippen LogP contribution in [-0.4, -0.2) is 39.1 Å². The third kappa shape index (κ3) is 1.59. The van der Waals surface area contributed by atoms with Crippen LogP contribution in [0, 0.1) is 0 Å². The van der Waals surface area contributed by atoms with Crippen molar-refractivity contribution in [3.63, 3.8) is 0 Å². The Morgan fingerprint density at radius 2 is 1.50 bits per heavy atom. The number of phenols is 1. The van der Waals surface area contributed by atoms with E-state index in [4.69, 9.17) is 14.2 Å². The molecule has 2 spiro atoms. The van der Waals surface area contributed by atoms with Crippen molar-refractivity contribution >= 4 is 11.6 Å². The van der Waals surface area contributed by atoms with Gasteiger partial charge in [0.15, 0.2) is 11.6 Å². The maximum Gasteiger partial charge on any atom is 0.271 e. The summed E-state index contributed by atoms with van der Waals surface area (Å²) in [4.78, 5) is 24.9. The topological polar surface area (TPSA) is 123 Å². The summed E-state index contributed by atoms with van der Waals surface area (Å²) in [5.74, 6) is -4.31. The third-order valence-electron chi connectivity index (χ3n) is 5.91. The van der Waals surface area contributed by atoms with E-state index in [9.17, 15) is 24.9 Å². The highest BCUT2D eigenvalue weighted by Crippen LogP contribution is 2.61. The summed E-state index contributed by atoms with van der Waals surface area (Å²) < 4.78 is 18.3. The molecule has 2 aliphatic heterocycles. The molecule has 2 aromatic carbocycles. The maximum absolute atomic E-state index is 12.5. The van der Waals surface area contributed by atoms with Gasteiger partial charge < -0.3 is 24.8 Å². The summed E-state index contributed by atoms with van der Waals surface area (Å²) >= 11 is 0. The van der Waals surface area contributed by atoms with Crippen LogP contribution >= 0.6 is 0 Å². The number of aliphatic hydroxyl groups is 2. The van der Waals surface area contributed by atoms with Gasteiger partial charge in [-0.2, -0.15) is 0 Å². The summed E-state index contributed by atoms with van der Waals surface area (Å²) in [7, 11) is 0. The zero-order chi connectivity index (χ0) is 19.4. The van der Waals surface area contributed by atoms with Gasteiger partial charge in [-0.25, -0.2) is 0 Å². The van der Waals surface area contributed by atoms with E-state index in [1.165, 1.54) is 12.1 Å². The fourth-order valence-electron chi connectivity index (χ4n) is 4.73. The average molecular weight is 382 g/mol. The number of phenolic OH excluding ortho intramolecular Hbond substituents is 1. The van der Waals surface area contributed by atoms with E-state index in [0.717, 1.165) is 0 Å². The zero-order valence-corrected chi connectivity index (χ0v) is 14.3. The minimum atomic E-state index is -1.86. The third-order valence-corrected chi connectivity index (χ3v) is 5.91. The minimum Gasteiger partial charge on any atom is -0.507 e. The van der Waals surface area contributed by atoms with Crippen LogP contribution in [0.15, 0.2) is 30.3 Å². The number of benzene rings is 2. The Kier molecular flexibility index (Phi) is 2.71. The van der Waals surface area contributed by atoms with Crippen molar-refractivity contribution in [1.82, 2.24) is 0 Å². The van der Waals surface area contributed by atoms with Gasteiger partial charge in [0.25, 0.3) is 11.6 Å². The quantitative estimate of drug-likeness (QED) is 0.619. The van der Waals surface area contributed by atoms with Gasteiger partial charge in [0.05, 0.1) is 16.7 Å². The van der Waals surface area contributed by atoms with Gasteiger partial charge in [-0.15, -0.1) is 0 Å². The standard InChI is InChI=1S/C20H14O8/c21-9-4-5-13-18-16(9)11(23)7-15(25)20(18)26-12-3-1-2-8-10(22)6-14(24)19(27-13,28-20)17(8)12/h1-5,14-15,21,24-25H,6-7H2. The van der Waals surface area contributed by atoms with Crippen molar-refractivity contribution < 1.29 is 39.1 Å². The number of carbonyl (C=O) groups is 2. The monoisotopic (exact) mass is 382 g/mol. The Bertz CT molecular complexity index is 1110. The summed E-state index contributed by atoms with van der Waals surface area (Å²) in [5, 5.41) is 31.9. The molecule has 0 saturated heterocycles. The molecule has 0 radical (unpaired) electrons. The number of carbonyl (C=O) groups excluding carboxylic acids is 2. The van der Waals surface area contributed by atoms with Crippen LogP contribution in [0.1, 0.15) is 44.7 Å².